The van der Waals surface area contributed by atoms with E-state index in [1.54, 1.807) is 41.8 Å². The fourth-order valence-electron chi connectivity index (χ4n) is 3.41. The van der Waals surface area contributed by atoms with E-state index in [9.17, 15) is 9.59 Å². The minimum atomic E-state index is -0.322. The number of carbonyl (C=O) groups is 1. The molecule has 0 atom stereocenters. The molecule has 0 saturated heterocycles. The minimum absolute atomic E-state index is 0.119. The van der Waals surface area contributed by atoms with Crippen molar-refractivity contribution >= 4 is 28.3 Å². The number of aromatic nitrogens is 2. The number of fused-ring (bicyclic) bond motifs is 1. The number of rotatable bonds is 3. The van der Waals surface area contributed by atoms with Gasteiger partial charge in [-0.15, -0.1) is 0 Å². The van der Waals surface area contributed by atoms with E-state index in [-0.39, 0.29) is 11.6 Å². The molecule has 2 N–H and O–H groups in total. The second-order valence-corrected chi connectivity index (χ2v) is 7.19. The number of carbonyl (C=O) groups excluding carboxylic acids is 1. The van der Waals surface area contributed by atoms with Gasteiger partial charge in [-0.25, -0.2) is 9.78 Å². The Balaban J connectivity index is 1.56. The van der Waals surface area contributed by atoms with Gasteiger partial charge in [-0.2, -0.15) is 0 Å². The molecule has 1 heterocycles. The highest BCUT2D eigenvalue weighted by molar-refractivity contribution is 6.00. The highest BCUT2D eigenvalue weighted by Gasteiger charge is 2.10. The Labute approximate surface area is 174 Å². The molecule has 4 aromatic rings. The zero-order valence-corrected chi connectivity index (χ0v) is 17.1. The quantitative estimate of drug-likeness (QED) is 0.512. The maximum atomic E-state index is 12.9. The summed E-state index contributed by atoms with van der Waals surface area (Å²) in [5.74, 6) is 0.604. The molecule has 150 valence electrons. The van der Waals surface area contributed by atoms with Crippen LogP contribution in [-0.2, 0) is 0 Å². The van der Waals surface area contributed by atoms with Crippen LogP contribution in [-0.4, -0.2) is 15.6 Å². The van der Waals surface area contributed by atoms with Crippen LogP contribution in [0.2, 0.25) is 0 Å². The number of hydrogen-bond donors (Lipinski definition) is 2. The van der Waals surface area contributed by atoms with E-state index in [1.165, 1.54) is 0 Å². The van der Waals surface area contributed by atoms with Crippen LogP contribution < -0.4 is 16.2 Å². The summed E-state index contributed by atoms with van der Waals surface area (Å²) in [6, 6.07) is 19.9. The standard InChI is InChI=1S/C24H22N4O2/c1-15-7-6-10-21(16(15)2)27-24(30)26-18-11-13-19(14-12-18)28-17(3)25-22-9-5-4-8-20(22)23(28)29/h4-14H,1-3H3,(H2,26,27,30). The molecular weight excluding hydrogens is 376 g/mol. The first-order chi connectivity index (χ1) is 14.4. The molecular formula is C24H22N4O2. The SMILES string of the molecule is Cc1cccc(NC(=O)Nc2ccc(-n3c(C)nc4ccccc4c3=O)cc2)c1C. The molecule has 0 bridgehead atoms. The number of para-hydroxylation sites is 1. The Hall–Kier alpha value is -3.93. The van der Waals surface area contributed by atoms with E-state index in [2.05, 4.69) is 15.6 Å². The van der Waals surface area contributed by atoms with Gasteiger partial charge in [0, 0.05) is 11.4 Å². The first-order valence-electron chi connectivity index (χ1n) is 9.67. The molecule has 0 aliphatic heterocycles. The van der Waals surface area contributed by atoms with Crippen molar-refractivity contribution in [2.75, 3.05) is 10.6 Å². The monoisotopic (exact) mass is 398 g/mol. The van der Waals surface area contributed by atoms with E-state index in [1.807, 2.05) is 50.2 Å². The van der Waals surface area contributed by atoms with Crippen molar-refractivity contribution in [1.29, 1.82) is 0 Å². The third-order valence-electron chi connectivity index (χ3n) is 5.18. The number of anilines is 2. The second kappa shape index (κ2) is 7.83. The number of amides is 2. The van der Waals surface area contributed by atoms with Gasteiger partial charge < -0.3 is 10.6 Å². The highest BCUT2D eigenvalue weighted by atomic mass is 16.2. The molecule has 30 heavy (non-hydrogen) atoms. The lowest BCUT2D eigenvalue weighted by Crippen LogP contribution is -2.22. The average Bonchev–Trinajstić information content (AvgIpc) is 2.73. The molecule has 1 aromatic heterocycles. The zero-order valence-electron chi connectivity index (χ0n) is 17.1. The fourth-order valence-corrected chi connectivity index (χ4v) is 3.41. The summed E-state index contributed by atoms with van der Waals surface area (Å²) in [4.78, 5) is 29.8. The third-order valence-corrected chi connectivity index (χ3v) is 5.18. The second-order valence-electron chi connectivity index (χ2n) is 7.19. The Morgan fingerprint density at radius 1 is 0.867 bits per heavy atom. The van der Waals surface area contributed by atoms with Crippen LogP contribution in [0.1, 0.15) is 17.0 Å². The molecule has 2 amide bonds. The van der Waals surface area contributed by atoms with Gasteiger partial charge in [-0.1, -0.05) is 24.3 Å². The number of nitrogens with zero attached hydrogens (tertiary/aromatic N) is 2. The number of nitrogens with one attached hydrogen (secondary N) is 2. The molecule has 0 fully saturated rings. The van der Waals surface area contributed by atoms with Crippen LogP contribution in [0.15, 0.2) is 71.5 Å². The van der Waals surface area contributed by atoms with Crippen LogP contribution in [0.4, 0.5) is 16.2 Å². The van der Waals surface area contributed by atoms with Crippen molar-refractivity contribution in [3.63, 3.8) is 0 Å². The smallest absolute Gasteiger partial charge is 0.308 e. The van der Waals surface area contributed by atoms with Gasteiger partial charge in [0.1, 0.15) is 5.82 Å². The summed E-state index contributed by atoms with van der Waals surface area (Å²) in [5.41, 5.74) is 4.79. The predicted molar refractivity (Wildman–Crippen MR) is 121 cm³/mol. The maximum absolute atomic E-state index is 12.9. The Kier molecular flexibility index (Phi) is 5.06. The normalized spacial score (nSPS) is 10.8. The molecule has 0 radical (unpaired) electrons. The van der Waals surface area contributed by atoms with Crippen molar-refractivity contribution in [3.8, 4) is 5.69 Å². The topological polar surface area (TPSA) is 76.0 Å². The zero-order chi connectivity index (χ0) is 21.3. The molecule has 0 spiro atoms. The number of hydrogen-bond acceptors (Lipinski definition) is 3. The Morgan fingerprint density at radius 3 is 2.37 bits per heavy atom. The summed E-state index contributed by atoms with van der Waals surface area (Å²) in [6.45, 7) is 5.78. The van der Waals surface area contributed by atoms with E-state index < -0.39 is 0 Å². The van der Waals surface area contributed by atoms with Gasteiger partial charge in [0.05, 0.1) is 16.6 Å². The summed E-state index contributed by atoms with van der Waals surface area (Å²) < 4.78 is 1.57. The van der Waals surface area contributed by atoms with Gasteiger partial charge in [0.2, 0.25) is 0 Å². The number of benzene rings is 3. The molecule has 0 aliphatic rings. The van der Waals surface area contributed by atoms with Crippen LogP contribution in [0, 0.1) is 20.8 Å². The molecule has 6 nitrogen and oxygen atoms in total. The maximum Gasteiger partial charge on any atom is 0.323 e. The van der Waals surface area contributed by atoms with Crippen molar-refractivity contribution in [2.45, 2.75) is 20.8 Å². The fraction of sp³-hybridized carbons (Fsp3) is 0.125. The third kappa shape index (κ3) is 3.67. The van der Waals surface area contributed by atoms with Crippen LogP contribution >= 0.6 is 0 Å². The lowest BCUT2D eigenvalue weighted by Gasteiger charge is -2.13. The lowest BCUT2D eigenvalue weighted by molar-refractivity contribution is 0.262. The van der Waals surface area contributed by atoms with Gasteiger partial charge in [-0.05, 0) is 74.4 Å². The molecule has 4 rings (SSSR count). The molecule has 6 heteroatoms. The highest BCUT2D eigenvalue weighted by Crippen LogP contribution is 2.19. The van der Waals surface area contributed by atoms with E-state index >= 15 is 0 Å². The van der Waals surface area contributed by atoms with Crippen LogP contribution in [0.3, 0.4) is 0 Å². The first kappa shape index (κ1) is 19.4. The number of urea groups is 1. The Bertz CT molecular complexity index is 1310. The summed E-state index contributed by atoms with van der Waals surface area (Å²) in [6.07, 6.45) is 0. The minimum Gasteiger partial charge on any atom is -0.308 e. The van der Waals surface area contributed by atoms with Gasteiger partial charge in [0.15, 0.2) is 0 Å². The van der Waals surface area contributed by atoms with Crippen molar-refractivity contribution < 1.29 is 4.79 Å². The summed E-state index contributed by atoms with van der Waals surface area (Å²) in [5, 5.41) is 6.26. The predicted octanol–water partition coefficient (Wildman–Crippen LogP) is 4.95. The van der Waals surface area contributed by atoms with E-state index in [0.717, 1.165) is 16.8 Å². The number of aryl methyl sites for hydroxylation is 2. The van der Waals surface area contributed by atoms with E-state index in [4.69, 9.17) is 0 Å². The molecule has 0 saturated carbocycles. The van der Waals surface area contributed by atoms with Crippen molar-refractivity contribution in [2.24, 2.45) is 0 Å². The van der Waals surface area contributed by atoms with Crippen molar-refractivity contribution in [3.05, 3.63) is 94.0 Å². The van der Waals surface area contributed by atoms with Gasteiger partial charge in [-0.3, -0.25) is 9.36 Å². The average molecular weight is 398 g/mol. The van der Waals surface area contributed by atoms with Crippen LogP contribution in [0.25, 0.3) is 16.6 Å². The Morgan fingerprint density at radius 2 is 1.60 bits per heavy atom. The first-order valence-corrected chi connectivity index (χ1v) is 9.67. The summed E-state index contributed by atoms with van der Waals surface area (Å²) in [7, 11) is 0. The molecule has 0 aliphatic carbocycles. The largest absolute Gasteiger partial charge is 0.323 e. The van der Waals surface area contributed by atoms with Crippen LogP contribution in [0.5, 0.6) is 0 Å². The lowest BCUT2D eigenvalue weighted by atomic mass is 10.1. The van der Waals surface area contributed by atoms with E-state index in [0.29, 0.717) is 28.1 Å². The molecule has 0 unspecified atom stereocenters. The van der Waals surface area contributed by atoms with Gasteiger partial charge >= 0.3 is 6.03 Å². The van der Waals surface area contributed by atoms with Gasteiger partial charge in [0.25, 0.3) is 5.56 Å². The molecule has 3 aromatic carbocycles. The summed E-state index contributed by atoms with van der Waals surface area (Å²) >= 11 is 0. The van der Waals surface area contributed by atoms with Crippen molar-refractivity contribution in [1.82, 2.24) is 9.55 Å².